The summed E-state index contributed by atoms with van der Waals surface area (Å²) in [5.74, 6) is 0.358. The summed E-state index contributed by atoms with van der Waals surface area (Å²) in [6, 6.07) is 24.1. The Morgan fingerprint density at radius 2 is 1.19 bits per heavy atom. The summed E-state index contributed by atoms with van der Waals surface area (Å²) in [6.45, 7) is 12.6. The highest BCUT2D eigenvalue weighted by molar-refractivity contribution is 6.05. The van der Waals surface area contributed by atoms with E-state index in [1.54, 1.807) is 0 Å². The zero-order chi connectivity index (χ0) is 30.6. The second-order valence-electron chi connectivity index (χ2n) is 12.3. The monoisotopic (exact) mass is 548 g/mol. The zero-order valence-corrected chi connectivity index (χ0v) is 24.3. The van der Waals surface area contributed by atoms with Gasteiger partial charge in [0.1, 0.15) is 46.8 Å². The van der Waals surface area contributed by atoms with Crippen molar-refractivity contribution in [3.8, 4) is 35.4 Å². The molecule has 0 spiro atoms. The van der Waals surface area contributed by atoms with Gasteiger partial charge in [-0.1, -0.05) is 90.1 Å². The van der Waals surface area contributed by atoms with Gasteiger partial charge in [0.15, 0.2) is 11.3 Å². The van der Waals surface area contributed by atoms with Crippen molar-refractivity contribution in [2.45, 2.75) is 52.4 Å². The van der Waals surface area contributed by atoms with Crippen LogP contribution in [0.2, 0.25) is 0 Å². The van der Waals surface area contributed by atoms with Crippen LogP contribution in [0.15, 0.2) is 48.5 Å². The normalized spacial score (nSPS) is 12.6. The van der Waals surface area contributed by atoms with E-state index in [9.17, 15) is 21.0 Å². The molecule has 5 rings (SSSR count). The molecule has 0 atom stereocenters. The molecule has 0 amide bonds. The van der Waals surface area contributed by atoms with Crippen molar-refractivity contribution < 1.29 is 0 Å². The summed E-state index contributed by atoms with van der Waals surface area (Å²) in [5, 5.41) is 53.3. The van der Waals surface area contributed by atoms with E-state index in [1.165, 1.54) is 4.40 Å². The largest absolute Gasteiger partial charge is 0.338 e. The van der Waals surface area contributed by atoms with Crippen LogP contribution in [-0.4, -0.2) is 9.38 Å². The lowest BCUT2D eigenvalue weighted by Gasteiger charge is -2.27. The first-order valence-electron chi connectivity index (χ1n) is 13.4. The maximum Gasteiger partial charge on any atom is 0.167 e. The highest BCUT2D eigenvalue weighted by atomic mass is 15.1. The average Bonchev–Trinajstić information content (AvgIpc) is 2.95. The smallest absolute Gasteiger partial charge is 0.167 e. The van der Waals surface area contributed by atoms with Crippen molar-refractivity contribution >= 4 is 22.6 Å². The number of aromatic nitrogens is 2. The molecule has 0 bridgehead atoms. The van der Waals surface area contributed by atoms with Gasteiger partial charge in [0.2, 0.25) is 0 Å². The molecule has 0 fully saturated rings. The number of allylic oxidation sites excluding steroid dienone is 1. The van der Waals surface area contributed by atoms with Crippen LogP contribution in [-0.2, 0) is 10.8 Å². The number of pyridine rings is 1. The predicted octanol–water partition coefficient (Wildman–Crippen LogP) is 6.51. The van der Waals surface area contributed by atoms with E-state index >= 15 is 0 Å². The molecule has 42 heavy (non-hydrogen) atoms. The molecule has 1 aliphatic heterocycles. The Hall–Kier alpha value is -5.70. The first kappa shape index (κ1) is 27.9. The summed E-state index contributed by atoms with van der Waals surface area (Å²) in [5.41, 5.74) is 4.11. The minimum Gasteiger partial charge on any atom is -0.338 e. The molecule has 2 aromatic heterocycles. The second-order valence-corrected chi connectivity index (χ2v) is 12.3. The molecular weight excluding hydrogens is 520 g/mol. The number of nitriles is 4. The third-order valence-corrected chi connectivity index (χ3v) is 7.57. The number of anilines is 1. The van der Waals surface area contributed by atoms with Gasteiger partial charge in [-0.25, -0.2) is 4.98 Å². The Labute approximate surface area is 244 Å². The first-order valence-corrected chi connectivity index (χ1v) is 13.4. The van der Waals surface area contributed by atoms with Gasteiger partial charge in [-0.3, -0.25) is 9.81 Å². The molecule has 0 saturated heterocycles. The van der Waals surface area contributed by atoms with Crippen molar-refractivity contribution in [1.82, 2.24) is 9.38 Å². The van der Waals surface area contributed by atoms with Gasteiger partial charge >= 0.3 is 0 Å². The fourth-order valence-electron chi connectivity index (χ4n) is 5.26. The number of benzene rings is 2. The number of hydrogen-bond donors (Lipinski definition) is 2. The molecule has 0 aliphatic carbocycles. The lowest BCUT2D eigenvalue weighted by atomic mass is 9.85. The molecule has 4 aromatic rings. The van der Waals surface area contributed by atoms with Crippen molar-refractivity contribution in [2.24, 2.45) is 0 Å². The Morgan fingerprint density at radius 1 is 0.690 bits per heavy atom. The second kappa shape index (κ2) is 9.74. The predicted molar refractivity (Wildman–Crippen MR) is 161 cm³/mol. The summed E-state index contributed by atoms with van der Waals surface area (Å²) in [6.07, 6.45) is 0. The first-order chi connectivity index (χ1) is 19.8. The molecule has 8 nitrogen and oxygen atoms in total. The summed E-state index contributed by atoms with van der Waals surface area (Å²) in [4.78, 5) is 4.35. The van der Waals surface area contributed by atoms with Crippen LogP contribution in [0.4, 0.5) is 5.82 Å². The number of hydrogen-bond acceptors (Lipinski definition) is 7. The number of nitrogens with zero attached hydrogens (tertiary/aromatic N) is 6. The SMILES string of the molecule is CC(C)(C)c1ccc(C2=C(C#N)c3nc(=N)c(C#N)c4c(C#N)c(-c5ccc(C(C)(C)C)cc5)c(C#N)c(n34)N2)cc1. The minimum absolute atomic E-state index is 0.0598. The minimum atomic E-state index is -0.356. The molecular formula is C34H28N8. The van der Waals surface area contributed by atoms with Crippen LogP contribution in [0, 0.1) is 50.7 Å². The van der Waals surface area contributed by atoms with E-state index in [0.717, 1.165) is 11.1 Å². The molecule has 0 unspecified atom stereocenters. The van der Waals surface area contributed by atoms with Gasteiger partial charge in [-0.05, 0) is 33.1 Å². The van der Waals surface area contributed by atoms with Gasteiger partial charge in [0.25, 0.3) is 0 Å². The van der Waals surface area contributed by atoms with Crippen molar-refractivity contribution in [1.29, 1.82) is 26.5 Å². The number of rotatable bonds is 2. The van der Waals surface area contributed by atoms with E-state index < -0.39 is 0 Å². The Kier molecular flexibility index (Phi) is 6.46. The third kappa shape index (κ3) is 4.28. The third-order valence-electron chi connectivity index (χ3n) is 7.57. The molecule has 0 saturated carbocycles. The van der Waals surface area contributed by atoms with Gasteiger partial charge < -0.3 is 5.32 Å². The summed E-state index contributed by atoms with van der Waals surface area (Å²) in [7, 11) is 0. The van der Waals surface area contributed by atoms with Crippen LogP contribution < -0.4 is 10.8 Å². The van der Waals surface area contributed by atoms with E-state index in [2.05, 4.69) is 70.1 Å². The molecule has 0 radical (unpaired) electrons. The van der Waals surface area contributed by atoms with E-state index in [0.29, 0.717) is 22.4 Å². The zero-order valence-electron chi connectivity index (χ0n) is 24.3. The van der Waals surface area contributed by atoms with Gasteiger partial charge in [0.05, 0.1) is 16.8 Å². The van der Waals surface area contributed by atoms with E-state index in [-0.39, 0.29) is 55.7 Å². The van der Waals surface area contributed by atoms with Crippen LogP contribution in [0.3, 0.4) is 0 Å². The lowest BCUT2D eigenvalue weighted by molar-refractivity contribution is 0.590. The standard InChI is InChI=1S/C34H28N8/c1-33(2,3)21-11-7-19(8-12-21)27-23(15-35)29-26(18-38)30(39)41-32-25(17-37)28(40-31(42(29)32)24(27)16-36)20-9-13-22(14-10-20)34(4,5)6/h7-14,39-40H,1-6H3. The molecule has 204 valence electrons. The van der Waals surface area contributed by atoms with Crippen LogP contribution >= 0.6 is 0 Å². The fraction of sp³-hybridized carbons (Fsp3) is 0.235. The quantitative estimate of drug-likeness (QED) is 0.292. The summed E-state index contributed by atoms with van der Waals surface area (Å²) < 4.78 is 1.46. The number of nitrogens with one attached hydrogen (secondary N) is 2. The average molecular weight is 549 g/mol. The van der Waals surface area contributed by atoms with Crippen LogP contribution in [0.1, 0.15) is 80.7 Å². The fourth-order valence-corrected chi connectivity index (χ4v) is 5.26. The maximum atomic E-state index is 10.5. The Morgan fingerprint density at radius 3 is 1.64 bits per heavy atom. The van der Waals surface area contributed by atoms with Gasteiger partial charge in [-0.2, -0.15) is 21.0 Å². The van der Waals surface area contributed by atoms with Crippen LogP contribution in [0.5, 0.6) is 0 Å². The van der Waals surface area contributed by atoms with Gasteiger partial charge in [0, 0.05) is 5.56 Å². The molecule has 1 aliphatic rings. The molecule has 8 heteroatoms. The topological polar surface area (TPSA) is 148 Å². The van der Waals surface area contributed by atoms with E-state index in [4.69, 9.17) is 5.41 Å². The van der Waals surface area contributed by atoms with Crippen molar-refractivity contribution in [3.05, 3.63) is 93.2 Å². The van der Waals surface area contributed by atoms with Crippen molar-refractivity contribution in [3.63, 3.8) is 0 Å². The maximum absolute atomic E-state index is 10.5. The Balaban J connectivity index is 1.91. The Bertz CT molecular complexity index is 2050. The molecule has 2 N–H and O–H groups in total. The van der Waals surface area contributed by atoms with Gasteiger partial charge in [-0.15, -0.1) is 0 Å². The highest BCUT2D eigenvalue weighted by Gasteiger charge is 2.32. The van der Waals surface area contributed by atoms with Crippen LogP contribution in [0.25, 0.3) is 27.9 Å². The lowest BCUT2D eigenvalue weighted by Crippen LogP contribution is -2.25. The molecule has 3 heterocycles. The summed E-state index contributed by atoms with van der Waals surface area (Å²) >= 11 is 0. The highest BCUT2D eigenvalue weighted by Crippen LogP contribution is 2.42. The van der Waals surface area contributed by atoms with E-state index in [1.807, 2.05) is 54.6 Å². The van der Waals surface area contributed by atoms with Crippen molar-refractivity contribution in [2.75, 3.05) is 5.32 Å². The molecule has 2 aromatic carbocycles.